The fourth-order valence-electron chi connectivity index (χ4n) is 20.5. The number of aromatic nitrogens is 10. The number of hydrogen-bond donors (Lipinski definition) is 4. The topological polar surface area (TPSA) is 379 Å². The maximum atomic E-state index is 13.9. The Morgan fingerprint density at radius 3 is 1.18 bits per heavy atom. The molecule has 0 spiro atoms. The molecule has 10 aromatic rings. The van der Waals surface area contributed by atoms with Crippen LogP contribution >= 0.6 is 23.2 Å². The summed E-state index contributed by atoms with van der Waals surface area (Å²) in [5, 5.41) is 33.1. The highest BCUT2D eigenvalue weighted by atomic mass is 35.5. The summed E-state index contributed by atoms with van der Waals surface area (Å²) in [4.78, 5) is 132. The first-order chi connectivity index (χ1) is 66.9. The van der Waals surface area contributed by atoms with Crippen molar-refractivity contribution in [1.29, 1.82) is 0 Å². The quantitative estimate of drug-likeness (QED) is 0.0374. The standard InChI is InChI=1S/C34H37N7O4.C19H22BN3O5.C19H20ClN3O3.C17H18ClN3O2.C12H24B2O4/c1-21(42)45-20-28-26(9-11-35-32(28)41-13-10-30-27(33(41)43)15-25-6-4-5-12-40(25)30)23-14-29(34(44)39(3)19-23)37-31-8-7-22(16-36-31)24-17-38(2)18-24;1-12(24)28-11-15-16(20(26)27)5-7-21-18(15)23-9-6-17-14(19(23)25)10-13-4-2-3-8-22(13)17;1-12(24)26-11-15-16(20)5-7-21-18(15)23-9-6-17-14(19(23)25)10-13-4-2-3-8-22(13)17;18-14-4-6-19-16(13(14)10-22)21-8-5-15-12(17(21)23)9-11-3-1-2-7-20(11)15;1-9(2)10(3,4)16-13(15-9)14-17-11(5,6)12(7,8)18-14/h7-9,11,14-16,19,24H,4-6,10,12-13,17-18,20H2,1-3H3,(H,36,37);5,7,10,26-27H,2-4,6,8-9,11H2,1H3;5,7,10H,2-4,6,8-9,11H2,1H3;4,6,9,22H,1-3,5,7-8,10H2;1-8H3. The molecule has 21 heterocycles. The summed E-state index contributed by atoms with van der Waals surface area (Å²) >= 11 is 12.4. The van der Waals surface area contributed by atoms with Crippen molar-refractivity contribution in [2.24, 2.45) is 7.05 Å². The molecule has 0 unspecified atom stereocenters. The number of likely N-dealkylation sites (N-methyl/N-ethyl adjacent to an activating group) is 1. The molecule has 11 aliphatic rings. The number of pyridine rings is 6. The minimum Gasteiger partial charge on any atom is -0.461 e. The number of carbonyl (C=O) groups is 7. The van der Waals surface area contributed by atoms with Gasteiger partial charge in [0.2, 0.25) is 0 Å². The number of fused-ring (bicyclic) bond motifs is 12. The zero-order chi connectivity index (χ0) is 99.3. The Morgan fingerprint density at radius 1 is 0.450 bits per heavy atom. The van der Waals surface area contributed by atoms with Crippen molar-refractivity contribution in [3.63, 3.8) is 0 Å². The molecule has 0 atom stereocenters. The van der Waals surface area contributed by atoms with Crippen LogP contribution in [-0.2, 0) is 158 Å². The third-order valence-corrected chi connectivity index (χ3v) is 30.0. The van der Waals surface area contributed by atoms with Crippen molar-refractivity contribution in [1.82, 2.24) is 52.7 Å². The lowest BCUT2D eigenvalue weighted by molar-refractivity contribution is -0.143. The van der Waals surface area contributed by atoms with Crippen molar-refractivity contribution >= 4 is 126 Å². The SMILES string of the molecule is CC(=O)OCc1c(-c2cc(Nc3ccc(C4CN(C)C4)cn3)c(=O)n(C)c2)ccnc1N1CCc2c(cc3n2CCCC3)C1=O.CC(=O)OCc1c(B(O)O)ccnc1N1CCc2c(cc3n2CCCC3)C1=O.CC(=O)OCc1c(Cl)ccnc1N1CCc2c(cc3n2CCCC3)C1=O.CC1(C)OB(B2OC(C)(C)C(C)(C)O2)OC1(C)C.O=C1c2cc3n(c2CCN1c1nccc(Cl)c1CO)CCCC3. The fourth-order valence-corrected chi connectivity index (χ4v) is 20.9. The monoisotopic (exact) mass is 1950 g/mol. The van der Waals surface area contributed by atoms with E-state index < -0.39 is 39.0 Å². The minimum absolute atomic E-state index is 0.000237. The minimum atomic E-state index is -1.76. The first-order valence-electron chi connectivity index (χ1n) is 48.4. The number of aliphatic hydroxyl groups is 1. The summed E-state index contributed by atoms with van der Waals surface area (Å²) in [7, 11) is 1.08. The molecule has 4 amide bonds. The number of aliphatic hydroxyl groups excluding tert-OH is 1. The van der Waals surface area contributed by atoms with Crippen molar-refractivity contribution in [2.45, 2.75) is 260 Å². The molecular weight excluding hydrogens is 1830 g/mol. The van der Waals surface area contributed by atoms with Crippen LogP contribution in [0.5, 0.6) is 0 Å². The van der Waals surface area contributed by atoms with Gasteiger partial charge >= 0.3 is 39.0 Å². The third kappa shape index (κ3) is 20.2. The number of likely N-dealkylation sites (tertiary alicyclic amines) is 1. The van der Waals surface area contributed by atoms with Gasteiger partial charge in [0.25, 0.3) is 29.2 Å². The molecular formula is C101H121B3Cl2N16O18. The molecule has 736 valence electrons. The van der Waals surface area contributed by atoms with Gasteiger partial charge in [-0.1, -0.05) is 29.3 Å². The summed E-state index contributed by atoms with van der Waals surface area (Å²) in [6.07, 6.45) is 26.1. The summed E-state index contributed by atoms with van der Waals surface area (Å²) < 4.78 is 50.2. The van der Waals surface area contributed by atoms with Crippen LogP contribution in [0.4, 0.5) is 34.8 Å². The van der Waals surface area contributed by atoms with Gasteiger partial charge in [0.05, 0.1) is 66.9 Å². The van der Waals surface area contributed by atoms with Crippen LogP contribution in [0.2, 0.25) is 10.0 Å². The molecule has 3 saturated heterocycles. The van der Waals surface area contributed by atoms with Gasteiger partial charge in [-0.05, 0) is 217 Å². The number of nitrogens with one attached hydrogen (secondary N) is 1. The van der Waals surface area contributed by atoms with Crippen molar-refractivity contribution < 1.29 is 81.5 Å². The first kappa shape index (κ1) is 99.9. The van der Waals surface area contributed by atoms with E-state index in [1.807, 2.05) is 98.0 Å². The normalized spacial score (nSPS) is 18.4. The van der Waals surface area contributed by atoms with Crippen molar-refractivity contribution in [2.75, 3.05) is 71.2 Å². The molecule has 39 heteroatoms. The largest absolute Gasteiger partial charge is 0.489 e. The Hall–Kier alpha value is -11.6. The number of hydrogen-bond acceptors (Lipinski definition) is 25. The summed E-state index contributed by atoms with van der Waals surface area (Å²) in [5.74, 6) is 1.04. The molecule has 3 fully saturated rings. The van der Waals surface area contributed by atoms with Gasteiger partial charge in [-0.15, -0.1) is 0 Å². The van der Waals surface area contributed by atoms with Crippen LogP contribution in [0, 0.1) is 0 Å². The average Bonchev–Trinajstić information content (AvgIpc) is 1.15. The number of rotatable bonds is 17. The molecule has 34 nitrogen and oxygen atoms in total. The predicted octanol–water partition coefficient (Wildman–Crippen LogP) is 12.1. The van der Waals surface area contributed by atoms with E-state index in [1.165, 1.54) is 85.2 Å². The molecule has 0 saturated carbocycles. The first-order valence-corrected chi connectivity index (χ1v) is 49.2. The molecule has 4 N–H and O–H groups in total. The number of ether oxygens (including phenoxy) is 3. The van der Waals surface area contributed by atoms with Crippen LogP contribution in [-0.4, -0.2) is 199 Å². The maximum absolute atomic E-state index is 13.9. The molecule has 0 bridgehead atoms. The number of aryl methyl sites for hydroxylation is 5. The summed E-state index contributed by atoms with van der Waals surface area (Å²) in [6, 6.07) is 20.3. The van der Waals surface area contributed by atoms with Crippen LogP contribution in [0.15, 0.2) is 109 Å². The van der Waals surface area contributed by atoms with E-state index >= 15 is 0 Å². The van der Waals surface area contributed by atoms with Crippen LogP contribution in [0.25, 0.3) is 11.1 Å². The van der Waals surface area contributed by atoms with E-state index in [1.54, 1.807) is 69.6 Å². The zero-order valence-electron chi connectivity index (χ0n) is 81.8. The lowest BCUT2D eigenvalue weighted by Gasteiger charge is -2.36. The van der Waals surface area contributed by atoms with Crippen molar-refractivity contribution in [3.8, 4) is 11.1 Å². The number of halogens is 2. The van der Waals surface area contributed by atoms with E-state index in [0.29, 0.717) is 122 Å². The lowest BCUT2D eigenvalue weighted by atomic mass is 9.49. The number of amides is 4. The van der Waals surface area contributed by atoms with E-state index in [0.717, 1.165) is 156 Å². The Kier molecular flexibility index (Phi) is 29.4. The van der Waals surface area contributed by atoms with E-state index in [4.69, 9.17) is 56.0 Å². The number of nitrogens with zero attached hydrogens (tertiary/aromatic N) is 15. The highest BCUT2D eigenvalue weighted by molar-refractivity contribution is 7.11. The second-order valence-corrected chi connectivity index (χ2v) is 40.3. The van der Waals surface area contributed by atoms with E-state index in [-0.39, 0.29) is 83.5 Å². The van der Waals surface area contributed by atoms with E-state index in [2.05, 4.69) is 66.5 Å². The Bertz CT molecular complexity index is 6450. The highest BCUT2D eigenvalue weighted by Gasteiger charge is 2.64. The van der Waals surface area contributed by atoms with Crippen LogP contribution < -0.4 is 35.9 Å². The number of anilines is 6. The zero-order valence-corrected chi connectivity index (χ0v) is 83.3. The van der Waals surface area contributed by atoms with Crippen LogP contribution in [0.1, 0.15) is 248 Å². The Balaban J connectivity index is 0.000000125. The molecule has 0 radical (unpaired) electrons. The van der Waals surface area contributed by atoms with Gasteiger partial charge in [0.1, 0.15) is 54.6 Å². The summed E-state index contributed by atoms with van der Waals surface area (Å²) in [5.41, 5.74) is 15.8. The molecule has 21 rings (SSSR count). The average molecular weight is 1950 g/mol. The second-order valence-electron chi connectivity index (χ2n) is 39.5. The van der Waals surface area contributed by atoms with Gasteiger partial charge < -0.3 is 81.0 Å². The lowest BCUT2D eigenvalue weighted by Crippen LogP contribution is -2.42. The van der Waals surface area contributed by atoms with Crippen LogP contribution in [0.3, 0.4) is 0 Å². The van der Waals surface area contributed by atoms with Gasteiger partial charge in [0, 0.05) is 230 Å². The number of carbonyl (C=O) groups excluding carboxylic acids is 7. The van der Waals surface area contributed by atoms with Gasteiger partial charge in [-0.2, -0.15) is 0 Å². The second kappa shape index (κ2) is 41.1. The summed E-state index contributed by atoms with van der Waals surface area (Å²) in [6.45, 7) is 27.6. The van der Waals surface area contributed by atoms with Gasteiger partial charge in [-0.3, -0.25) is 58.0 Å². The molecule has 0 aliphatic carbocycles. The fraction of sp³-hybridized carbons (Fsp3) is 0.475. The highest BCUT2D eigenvalue weighted by Crippen LogP contribution is 2.45. The van der Waals surface area contributed by atoms with Gasteiger partial charge in [-0.25, -0.2) is 24.9 Å². The van der Waals surface area contributed by atoms with E-state index in [9.17, 15) is 53.5 Å². The smallest absolute Gasteiger partial charge is 0.461 e. The Labute approximate surface area is 824 Å². The number of esters is 3. The molecule has 11 aliphatic heterocycles. The van der Waals surface area contributed by atoms with Gasteiger partial charge in [0.15, 0.2) is 0 Å². The molecule has 10 aromatic heterocycles. The maximum Gasteiger partial charge on any atom is 0.489 e. The van der Waals surface area contributed by atoms with Crippen molar-refractivity contribution in [3.05, 3.63) is 220 Å². The molecule has 140 heavy (non-hydrogen) atoms. The Morgan fingerprint density at radius 2 is 0.807 bits per heavy atom. The predicted molar refractivity (Wildman–Crippen MR) is 531 cm³/mol. The molecule has 0 aromatic carbocycles. The third-order valence-electron chi connectivity index (χ3n) is 29.2.